The standard InChI is InChI=1S/C16H16/c1-3-16(2,14-10-6-4-7-11-14)15-12-8-5-9-13-15/h3-13H,1H2,2H3. The highest BCUT2D eigenvalue weighted by atomic mass is 14.3. The Morgan fingerprint density at radius 2 is 1.19 bits per heavy atom. The first-order valence-corrected chi connectivity index (χ1v) is 5.52. The summed E-state index contributed by atoms with van der Waals surface area (Å²) < 4.78 is 0. The second-order valence-electron chi connectivity index (χ2n) is 4.14. The summed E-state index contributed by atoms with van der Waals surface area (Å²) in [5.41, 5.74) is 2.44. The molecule has 0 heteroatoms. The summed E-state index contributed by atoms with van der Waals surface area (Å²) in [5, 5.41) is 0. The highest BCUT2D eigenvalue weighted by Gasteiger charge is 2.24. The van der Waals surface area contributed by atoms with E-state index in [-0.39, 0.29) is 5.41 Å². The molecule has 0 aliphatic carbocycles. The summed E-state index contributed by atoms with van der Waals surface area (Å²) in [6, 6.07) is 20.9. The Balaban J connectivity index is 2.53. The Hall–Kier alpha value is -1.82. The van der Waals surface area contributed by atoms with Crippen LogP contribution in [0.4, 0.5) is 0 Å². The van der Waals surface area contributed by atoms with Gasteiger partial charge in [0.25, 0.3) is 0 Å². The molecule has 0 amide bonds. The van der Waals surface area contributed by atoms with Gasteiger partial charge >= 0.3 is 0 Å². The van der Waals surface area contributed by atoms with Crippen LogP contribution in [-0.4, -0.2) is 0 Å². The molecule has 80 valence electrons. The molecular weight excluding hydrogens is 192 g/mol. The van der Waals surface area contributed by atoms with Crippen LogP contribution in [0.25, 0.3) is 0 Å². The van der Waals surface area contributed by atoms with Crippen molar-refractivity contribution in [2.45, 2.75) is 12.3 Å². The summed E-state index contributed by atoms with van der Waals surface area (Å²) >= 11 is 0. The van der Waals surface area contributed by atoms with Crippen molar-refractivity contribution in [3.63, 3.8) is 0 Å². The first kappa shape index (κ1) is 10.7. The molecule has 0 heterocycles. The van der Waals surface area contributed by atoms with E-state index in [1.165, 1.54) is 11.1 Å². The summed E-state index contributed by atoms with van der Waals surface area (Å²) in [7, 11) is 0. The lowest BCUT2D eigenvalue weighted by Crippen LogP contribution is -2.20. The van der Waals surface area contributed by atoms with Crippen molar-refractivity contribution in [2.24, 2.45) is 0 Å². The van der Waals surface area contributed by atoms with Gasteiger partial charge in [-0.05, 0) is 18.1 Å². The van der Waals surface area contributed by atoms with E-state index in [0.717, 1.165) is 0 Å². The highest BCUT2D eigenvalue weighted by molar-refractivity contribution is 5.42. The van der Waals surface area contributed by atoms with Gasteiger partial charge in [0.05, 0.1) is 0 Å². The Morgan fingerprint density at radius 3 is 1.50 bits per heavy atom. The molecule has 0 bridgehead atoms. The van der Waals surface area contributed by atoms with Crippen molar-refractivity contribution in [2.75, 3.05) is 0 Å². The smallest absolute Gasteiger partial charge is 0.0351 e. The van der Waals surface area contributed by atoms with Crippen molar-refractivity contribution in [1.29, 1.82) is 0 Å². The summed E-state index contributed by atoms with van der Waals surface area (Å²) in [4.78, 5) is 0. The van der Waals surface area contributed by atoms with Crippen LogP contribution in [0, 0.1) is 0 Å². The molecule has 0 fully saturated rings. The summed E-state index contributed by atoms with van der Waals surface area (Å²) in [6.45, 7) is 6.18. The molecule has 0 saturated heterocycles. The number of rotatable bonds is 3. The van der Waals surface area contributed by atoms with E-state index in [9.17, 15) is 0 Å². The highest BCUT2D eigenvalue weighted by Crippen LogP contribution is 2.32. The van der Waals surface area contributed by atoms with Gasteiger partial charge in [0.1, 0.15) is 0 Å². The van der Waals surface area contributed by atoms with Crippen LogP contribution in [0.2, 0.25) is 0 Å². The summed E-state index contributed by atoms with van der Waals surface area (Å²) in [5.74, 6) is 0. The van der Waals surface area contributed by atoms with Crippen LogP contribution in [0.15, 0.2) is 73.3 Å². The lowest BCUT2D eigenvalue weighted by Gasteiger charge is -2.27. The third-order valence-corrected chi connectivity index (χ3v) is 3.16. The molecule has 0 aliphatic rings. The molecule has 0 aromatic heterocycles. The van der Waals surface area contributed by atoms with Gasteiger partial charge in [-0.15, -0.1) is 6.58 Å². The monoisotopic (exact) mass is 208 g/mol. The SMILES string of the molecule is C=CC(C)(c1ccccc1)c1ccccc1. The minimum absolute atomic E-state index is 0.109. The molecule has 0 saturated carbocycles. The van der Waals surface area contributed by atoms with E-state index in [1.54, 1.807) is 0 Å². The largest absolute Gasteiger partial charge is 0.102 e. The van der Waals surface area contributed by atoms with Crippen LogP contribution in [-0.2, 0) is 5.41 Å². The van der Waals surface area contributed by atoms with Gasteiger partial charge in [0, 0.05) is 5.41 Å². The first-order chi connectivity index (χ1) is 7.77. The van der Waals surface area contributed by atoms with Crippen molar-refractivity contribution in [3.8, 4) is 0 Å². The normalized spacial score (nSPS) is 11.1. The molecule has 0 nitrogen and oxygen atoms in total. The molecule has 2 aromatic carbocycles. The van der Waals surface area contributed by atoms with Gasteiger partial charge in [0.15, 0.2) is 0 Å². The van der Waals surface area contributed by atoms with Crippen molar-refractivity contribution < 1.29 is 0 Å². The molecule has 0 aliphatic heterocycles. The molecular formula is C16H16. The molecule has 0 N–H and O–H groups in total. The van der Waals surface area contributed by atoms with Crippen LogP contribution in [0.3, 0.4) is 0 Å². The molecule has 16 heavy (non-hydrogen) atoms. The van der Waals surface area contributed by atoms with Gasteiger partial charge in [-0.3, -0.25) is 0 Å². The predicted molar refractivity (Wildman–Crippen MR) is 69.5 cm³/mol. The molecule has 0 radical (unpaired) electrons. The zero-order valence-corrected chi connectivity index (χ0v) is 9.56. The van der Waals surface area contributed by atoms with Crippen LogP contribution in [0.5, 0.6) is 0 Å². The van der Waals surface area contributed by atoms with Crippen molar-refractivity contribution in [3.05, 3.63) is 84.4 Å². The Bertz CT molecular complexity index is 414. The van der Waals surface area contributed by atoms with Gasteiger partial charge < -0.3 is 0 Å². The van der Waals surface area contributed by atoms with Gasteiger partial charge in [-0.25, -0.2) is 0 Å². The second kappa shape index (κ2) is 4.36. The quantitative estimate of drug-likeness (QED) is 0.664. The minimum Gasteiger partial charge on any atom is -0.102 e. The van der Waals surface area contributed by atoms with E-state index < -0.39 is 0 Å². The number of allylic oxidation sites excluding steroid dienone is 1. The number of hydrogen-bond donors (Lipinski definition) is 0. The van der Waals surface area contributed by atoms with Gasteiger partial charge in [0.2, 0.25) is 0 Å². The van der Waals surface area contributed by atoms with Gasteiger partial charge in [-0.1, -0.05) is 66.7 Å². The maximum Gasteiger partial charge on any atom is 0.0351 e. The summed E-state index contributed by atoms with van der Waals surface area (Å²) in [6.07, 6.45) is 2.01. The average Bonchev–Trinajstić information content (AvgIpc) is 2.40. The van der Waals surface area contributed by atoms with Crippen LogP contribution < -0.4 is 0 Å². The van der Waals surface area contributed by atoms with E-state index in [4.69, 9.17) is 0 Å². The maximum atomic E-state index is 3.99. The third kappa shape index (κ3) is 1.79. The topological polar surface area (TPSA) is 0 Å². The van der Waals surface area contributed by atoms with Crippen molar-refractivity contribution in [1.82, 2.24) is 0 Å². The first-order valence-electron chi connectivity index (χ1n) is 5.52. The maximum absolute atomic E-state index is 3.99. The molecule has 0 unspecified atom stereocenters. The van der Waals surface area contributed by atoms with E-state index in [0.29, 0.717) is 0 Å². The fraction of sp³-hybridized carbons (Fsp3) is 0.125. The lowest BCUT2D eigenvalue weighted by atomic mass is 9.76. The van der Waals surface area contributed by atoms with Crippen molar-refractivity contribution >= 4 is 0 Å². The number of hydrogen-bond acceptors (Lipinski definition) is 0. The molecule has 2 rings (SSSR count). The van der Waals surface area contributed by atoms with E-state index in [2.05, 4.69) is 62.0 Å². The van der Waals surface area contributed by atoms with Crippen LogP contribution >= 0.6 is 0 Å². The third-order valence-electron chi connectivity index (χ3n) is 3.16. The average molecular weight is 208 g/mol. The van der Waals surface area contributed by atoms with E-state index in [1.807, 2.05) is 18.2 Å². The zero-order valence-electron chi connectivity index (χ0n) is 9.56. The molecule has 2 aromatic rings. The lowest BCUT2D eigenvalue weighted by molar-refractivity contribution is 0.726. The fourth-order valence-electron chi connectivity index (χ4n) is 1.97. The van der Waals surface area contributed by atoms with Gasteiger partial charge in [-0.2, -0.15) is 0 Å². The predicted octanol–water partition coefficient (Wildman–Crippen LogP) is 4.18. The zero-order chi connectivity index (χ0) is 11.4. The minimum atomic E-state index is -0.109. The molecule has 0 spiro atoms. The fourth-order valence-corrected chi connectivity index (χ4v) is 1.97. The Morgan fingerprint density at radius 1 is 0.812 bits per heavy atom. The Labute approximate surface area is 97.3 Å². The van der Waals surface area contributed by atoms with Crippen LogP contribution in [0.1, 0.15) is 18.1 Å². The molecule has 0 atom stereocenters. The Kier molecular flexibility index (Phi) is 2.91. The number of benzene rings is 2. The van der Waals surface area contributed by atoms with E-state index >= 15 is 0 Å². The second-order valence-corrected chi connectivity index (χ2v) is 4.14.